The van der Waals surface area contributed by atoms with E-state index in [2.05, 4.69) is 9.88 Å². The third kappa shape index (κ3) is 2.44. The van der Waals surface area contributed by atoms with Gasteiger partial charge < -0.3 is 9.88 Å². The molecule has 1 aliphatic carbocycles. The maximum absolute atomic E-state index is 12.7. The molecule has 1 N–H and O–H groups in total. The van der Waals surface area contributed by atoms with E-state index in [0.717, 1.165) is 29.1 Å². The summed E-state index contributed by atoms with van der Waals surface area (Å²) in [4.78, 5) is 38.6. The van der Waals surface area contributed by atoms with Crippen LogP contribution >= 0.6 is 0 Å². The van der Waals surface area contributed by atoms with E-state index < -0.39 is 11.6 Å². The van der Waals surface area contributed by atoms with Crippen LogP contribution in [-0.4, -0.2) is 39.3 Å². The average molecular weight is 331 g/mol. The molecule has 0 radical (unpaired) electrons. The van der Waals surface area contributed by atoms with Crippen molar-refractivity contribution in [3.63, 3.8) is 0 Å². The maximum Gasteiger partial charge on any atom is 0.325 e. The molecular weight excluding hydrogens is 306 g/mol. The number of nitrogens with one attached hydrogen (secondary N) is 1. The lowest BCUT2D eigenvalue weighted by atomic mass is 9.93. The highest BCUT2D eigenvalue weighted by Crippen LogP contribution is 2.38. The second-order valence-corrected chi connectivity index (χ2v) is 6.92. The maximum atomic E-state index is 12.7. The first-order valence-electron chi connectivity index (χ1n) is 8.70. The zero-order valence-electron chi connectivity index (χ0n) is 14.8. The predicted octanol–water partition coefficient (Wildman–Crippen LogP) is 2.73. The van der Waals surface area contributed by atoms with Crippen molar-refractivity contribution >= 4 is 17.7 Å². The summed E-state index contributed by atoms with van der Waals surface area (Å²) in [6.07, 6.45) is 3.34. The molecule has 0 atom stereocenters. The summed E-state index contributed by atoms with van der Waals surface area (Å²) < 4.78 is 2.20. The van der Waals surface area contributed by atoms with E-state index in [1.54, 1.807) is 0 Å². The number of hydrogen-bond acceptors (Lipinski definition) is 3. The zero-order valence-corrected chi connectivity index (χ0v) is 14.8. The third-order valence-corrected chi connectivity index (χ3v) is 5.45. The monoisotopic (exact) mass is 331 g/mol. The molecule has 0 bridgehead atoms. The number of carbonyl (C=O) groups excluding carboxylic acids is 3. The van der Waals surface area contributed by atoms with Crippen LogP contribution in [0.1, 0.15) is 67.3 Å². The molecule has 0 unspecified atom stereocenters. The van der Waals surface area contributed by atoms with Crippen LogP contribution in [0, 0.1) is 13.8 Å². The summed E-state index contributed by atoms with van der Waals surface area (Å²) in [6, 6.07) is 1.91. The van der Waals surface area contributed by atoms with Gasteiger partial charge in [0.15, 0.2) is 5.78 Å². The van der Waals surface area contributed by atoms with Crippen molar-refractivity contribution in [2.45, 2.75) is 65.0 Å². The number of rotatable bonds is 6. The molecule has 0 spiro atoms. The average Bonchev–Trinajstić information content (AvgIpc) is 3.30. The fourth-order valence-corrected chi connectivity index (χ4v) is 3.73. The van der Waals surface area contributed by atoms with Crippen molar-refractivity contribution in [1.82, 2.24) is 14.8 Å². The first-order chi connectivity index (χ1) is 11.3. The molecule has 1 saturated heterocycles. The van der Waals surface area contributed by atoms with Gasteiger partial charge in [0, 0.05) is 23.0 Å². The minimum absolute atomic E-state index is 0.179. The molecule has 2 fully saturated rings. The number of amides is 3. The van der Waals surface area contributed by atoms with Crippen molar-refractivity contribution in [2.24, 2.45) is 0 Å². The molecule has 1 aromatic heterocycles. The van der Waals surface area contributed by atoms with E-state index in [4.69, 9.17) is 0 Å². The number of hydrogen-bond donors (Lipinski definition) is 1. The number of urea groups is 1. The van der Waals surface area contributed by atoms with Crippen molar-refractivity contribution < 1.29 is 14.4 Å². The van der Waals surface area contributed by atoms with E-state index in [-0.39, 0.29) is 18.2 Å². The Balaban J connectivity index is 1.82. The van der Waals surface area contributed by atoms with Crippen LogP contribution in [0.2, 0.25) is 0 Å². The second-order valence-electron chi connectivity index (χ2n) is 6.92. The number of Topliss-reactive ketones (excluding diaryl/α,β-unsaturated/α-hetero) is 1. The van der Waals surface area contributed by atoms with E-state index in [0.29, 0.717) is 24.4 Å². The van der Waals surface area contributed by atoms with Gasteiger partial charge in [-0.3, -0.25) is 14.5 Å². The van der Waals surface area contributed by atoms with Gasteiger partial charge in [-0.2, -0.15) is 0 Å². The Bertz CT molecular complexity index is 711. The molecule has 0 aromatic carbocycles. The predicted molar refractivity (Wildman–Crippen MR) is 90.1 cm³/mol. The van der Waals surface area contributed by atoms with Crippen LogP contribution in [0.3, 0.4) is 0 Å². The molecule has 6 heteroatoms. The van der Waals surface area contributed by atoms with Gasteiger partial charge >= 0.3 is 6.03 Å². The Kier molecular flexibility index (Phi) is 4.01. The van der Waals surface area contributed by atoms with Crippen LogP contribution in [0.25, 0.3) is 0 Å². The Hall–Kier alpha value is -2.11. The number of aryl methyl sites for hydroxylation is 1. The van der Waals surface area contributed by atoms with Gasteiger partial charge in [0.2, 0.25) is 0 Å². The van der Waals surface area contributed by atoms with Crippen LogP contribution < -0.4 is 5.32 Å². The zero-order chi connectivity index (χ0) is 17.6. The molecule has 1 aliphatic heterocycles. The molecule has 1 saturated carbocycles. The standard InChI is InChI=1S/C18H25N3O3/c1-5-18(6-2)16(23)20(17(24)19-18)10-15(22)14-9-11(3)21(12(14)4)13-7-8-13/h9,13H,5-8,10H2,1-4H3,(H,19,24). The molecule has 24 heavy (non-hydrogen) atoms. The molecule has 3 rings (SSSR count). The smallest absolute Gasteiger partial charge is 0.325 e. The summed E-state index contributed by atoms with van der Waals surface area (Å²) in [7, 11) is 0. The molecule has 130 valence electrons. The van der Waals surface area contributed by atoms with Crippen molar-refractivity contribution in [3.05, 3.63) is 23.0 Å². The Morgan fingerprint density at radius 2 is 1.88 bits per heavy atom. The van der Waals surface area contributed by atoms with Crippen LogP contribution in [0.4, 0.5) is 4.79 Å². The van der Waals surface area contributed by atoms with E-state index in [1.807, 2.05) is 33.8 Å². The van der Waals surface area contributed by atoms with Gasteiger partial charge in [-0.1, -0.05) is 13.8 Å². The molecule has 3 amide bonds. The highest BCUT2D eigenvalue weighted by Gasteiger charge is 2.49. The Morgan fingerprint density at radius 1 is 1.25 bits per heavy atom. The van der Waals surface area contributed by atoms with Gasteiger partial charge in [0.25, 0.3) is 5.91 Å². The second kappa shape index (κ2) is 5.76. The van der Waals surface area contributed by atoms with Gasteiger partial charge in [-0.25, -0.2) is 4.79 Å². The molecule has 2 heterocycles. The minimum atomic E-state index is -0.859. The lowest BCUT2D eigenvalue weighted by Crippen LogP contribution is -2.46. The molecule has 6 nitrogen and oxygen atoms in total. The van der Waals surface area contributed by atoms with Crippen LogP contribution in [0.15, 0.2) is 6.07 Å². The lowest BCUT2D eigenvalue weighted by molar-refractivity contribution is -0.131. The lowest BCUT2D eigenvalue weighted by Gasteiger charge is -2.22. The number of carbonyl (C=O) groups is 3. The fourth-order valence-electron chi connectivity index (χ4n) is 3.73. The Labute approximate surface area is 142 Å². The fraction of sp³-hybridized carbons (Fsp3) is 0.611. The van der Waals surface area contributed by atoms with E-state index in [9.17, 15) is 14.4 Å². The number of ketones is 1. The third-order valence-electron chi connectivity index (χ3n) is 5.45. The van der Waals surface area contributed by atoms with E-state index >= 15 is 0 Å². The van der Waals surface area contributed by atoms with Gasteiger partial charge in [0.05, 0.1) is 6.54 Å². The number of nitrogens with zero attached hydrogens (tertiary/aromatic N) is 2. The van der Waals surface area contributed by atoms with Crippen molar-refractivity contribution in [2.75, 3.05) is 6.54 Å². The van der Waals surface area contributed by atoms with Gasteiger partial charge in [-0.05, 0) is 45.6 Å². The van der Waals surface area contributed by atoms with Gasteiger partial charge in [0.1, 0.15) is 5.54 Å². The number of imide groups is 1. The minimum Gasteiger partial charge on any atom is -0.345 e. The molecule has 2 aliphatic rings. The highest BCUT2D eigenvalue weighted by atomic mass is 16.2. The van der Waals surface area contributed by atoms with Crippen molar-refractivity contribution in [3.8, 4) is 0 Å². The topological polar surface area (TPSA) is 71.4 Å². The first kappa shape index (κ1) is 16.7. The largest absolute Gasteiger partial charge is 0.345 e. The summed E-state index contributed by atoms with van der Waals surface area (Å²) >= 11 is 0. The summed E-state index contributed by atoms with van der Waals surface area (Å²) in [5.41, 5.74) is 1.75. The SMILES string of the molecule is CCC1(CC)NC(=O)N(CC(=O)c2cc(C)n(C3CC3)c2C)C1=O. The summed E-state index contributed by atoms with van der Waals surface area (Å²) in [6.45, 7) is 7.48. The normalized spacial score (nSPS) is 19.8. The number of aromatic nitrogens is 1. The Morgan fingerprint density at radius 3 is 2.38 bits per heavy atom. The first-order valence-corrected chi connectivity index (χ1v) is 8.70. The van der Waals surface area contributed by atoms with Crippen LogP contribution in [0.5, 0.6) is 0 Å². The van der Waals surface area contributed by atoms with E-state index in [1.165, 1.54) is 0 Å². The van der Waals surface area contributed by atoms with Gasteiger partial charge in [-0.15, -0.1) is 0 Å². The highest BCUT2D eigenvalue weighted by molar-refractivity contribution is 6.11. The summed E-state index contributed by atoms with van der Waals surface area (Å²) in [5, 5.41) is 2.76. The van der Waals surface area contributed by atoms with Crippen LogP contribution in [-0.2, 0) is 4.79 Å². The molecule has 1 aromatic rings. The van der Waals surface area contributed by atoms with Crippen molar-refractivity contribution in [1.29, 1.82) is 0 Å². The molecular formula is C18H25N3O3. The quantitative estimate of drug-likeness (QED) is 0.643. The summed E-state index contributed by atoms with van der Waals surface area (Å²) in [5.74, 6) is -0.469.